The van der Waals surface area contributed by atoms with Crippen molar-refractivity contribution < 1.29 is 29.0 Å². The summed E-state index contributed by atoms with van der Waals surface area (Å²) in [5, 5.41) is 9.89. The highest BCUT2D eigenvalue weighted by atomic mass is 32.1. The molecular formula is C30H36N4O6S. The SMILES string of the molecule is O=C(O)C1CCCCC1C(=O)N1CCc2cccc(OC3CCN(C(=O)c4cncs4)C3)c2[C@H]1CN1CCCC1=O. The zero-order valence-corrected chi connectivity index (χ0v) is 23.9. The van der Waals surface area contributed by atoms with Gasteiger partial charge in [-0.3, -0.25) is 24.2 Å². The van der Waals surface area contributed by atoms with E-state index in [1.54, 1.807) is 16.6 Å². The molecule has 6 rings (SSSR count). The second-order valence-electron chi connectivity index (χ2n) is 11.6. The first kappa shape index (κ1) is 27.7. The second kappa shape index (κ2) is 11.8. The minimum atomic E-state index is -0.908. The summed E-state index contributed by atoms with van der Waals surface area (Å²) in [6, 6.07) is 5.51. The van der Waals surface area contributed by atoms with Crippen molar-refractivity contribution in [3.05, 3.63) is 45.9 Å². The Balaban J connectivity index is 1.28. The molecule has 218 valence electrons. The van der Waals surface area contributed by atoms with Crippen LogP contribution in [-0.2, 0) is 20.8 Å². The Morgan fingerprint density at radius 3 is 2.59 bits per heavy atom. The monoisotopic (exact) mass is 580 g/mol. The third-order valence-corrected chi connectivity index (χ3v) is 9.87. The summed E-state index contributed by atoms with van der Waals surface area (Å²) >= 11 is 1.32. The Morgan fingerprint density at radius 1 is 1.02 bits per heavy atom. The van der Waals surface area contributed by atoms with E-state index >= 15 is 0 Å². The molecule has 2 aromatic rings. The van der Waals surface area contributed by atoms with E-state index in [1.807, 2.05) is 21.9 Å². The average Bonchev–Trinajstić information content (AvgIpc) is 3.76. The van der Waals surface area contributed by atoms with Gasteiger partial charge in [0.05, 0.1) is 36.1 Å². The number of benzene rings is 1. The van der Waals surface area contributed by atoms with Crippen LogP contribution in [0.25, 0.3) is 0 Å². The average molecular weight is 581 g/mol. The fourth-order valence-corrected chi connectivity index (χ4v) is 7.59. The highest BCUT2D eigenvalue weighted by Gasteiger charge is 2.43. The van der Waals surface area contributed by atoms with Gasteiger partial charge in [0, 0.05) is 44.6 Å². The van der Waals surface area contributed by atoms with Crippen molar-refractivity contribution in [1.29, 1.82) is 0 Å². The number of carbonyl (C=O) groups excluding carboxylic acids is 3. The van der Waals surface area contributed by atoms with Crippen LogP contribution in [-0.4, -0.2) is 87.3 Å². The predicted molar refractivity (Wildman–Crippen MR) is 151 cm³/mol. The van der Waals surface area contributed by atoms with Crippen molar-refractivity contribution in [3.63, 3.8) is 0 Å². The van der Waals surface area contributed by atoms with Crippen LogP contribution in [0.1, 0.15) is 71.8 Å². The van der Waals surface area contributed by atoms with E-state index in [4.69, 9.17) is 4.74 Å². The number of carboxylic acids is 1. The van der Waals surface area contributed by atoms with Crippen molar-refractivity contribution in [3.8, 4) is 5.75 Å². The first-order chi connectivity index (χ1) is 19.9. The summed E-state index contributed by atoms with van der Waals surface area (Å²) < 4.78 is 6.58. The summed E-state index contributed by atoms with van der Waals surface area (Å²) in [7, 11) is 0. The highest BCUT2D eigenvalue weighted by molar-refractivity contribution is 7.11. The molecule has 0 radical (unpaired) electrons. The molecule has 3 aliphatic heterocycles. The lowest BCUT2D eigenvalue weighted by molar-refractivity contribution is -0.154. The van der Waals surface area contributed by atoms with Crippen molar-refractivity contribution in [2.75, 3.05) is 32.7 Å². The number of nitrogens with zero attached hydrogens (tertiary/aromatic N) is 4. The zero-order chi connectivity index (χ0) is 28.5. The van der Waals surface area contributed by atoms with Crippen LogP contribution < -0.4 is 4.74 Å². The number of likely N-dealkylation sites (tertiary alicyclic amines) is 2. The number of aromatic nitrogens is 1. The molecule has 1 saturated carbocycles. The number of aliphatic carboxylic acids is 1. The maximum atomic E-state index is 14.1. The van der Waals surface area contributed by atoms with Gasteiger partial charge in [-0.15, -0.1) is 11.3 Å². The van der Waals surface area contributed by atoms with E-state index in [0.29, 0.717) is 75.5 Å². The number of amides is 3. The number of carboxylic acid groups (broad SMARTS) is 1. The number of fused-ring (bicyclic) bond motifs is 1. The molecule has 41 heavy (non-hydrogen) atoms. The predicted octanol–water partition coefficient (Wildman–Crippen LogP) is 3.38. The Morgan fingerprint density at radius 2 is 1.85 bits per heavy atom. The van der Waals surface area contributed by atoms with Gasteiger partial charge in [-0.05, 0) is 37.3 Å². The molecule has 1 N–H and O–H groups in total. The fraction of sp³-hybridized carbons (Fsp3) is 0.567. The lowest BCUT2D eigenvalue weighted by Crippen LogP contribution is -2.50. The molecule has 4 aliphatic rings. The summed E-state index contributed by atoms with van der Waals surface area (Å²) in [5.74, 6) is -1.57. The molecular weight excluding hydrogens is 544 g/mol. The molecule has 4 atom stereocenters. The Kier molecular flexibility index (Phi) is 7.96. The molecule has 10 nitrogen and oxygen atoms in total. The van der Waals surface area contributed by atoms with Crippen LogP contribution in [0.3, 0.4) is 0 Å². The molecule has 3 unspecified atom stereocenters. The molecule has 3 fully saturated rings. The normalized spacial score (nSPS) is 26.2. The van der Waals surface area contributed by atoms with Gasteiger partial charge in [-0.1, -0.05) is 25.0 Å². The van der Waals surface area contributed by atoms with E-state index in [0.717, 1.165) is 30.4 Å². The third-order valence-electron chi connectivity index (χ3n) is 9.11. The Bertz CT molecular complexity index is 1320. The molecule has 1 aromatic heterocycles. The topological polar surface area (TPSA) is 120 Å². The van der Waals surface area contributed by atoms with Crippen molar-refractivity contribution >= 4 is 35.0 Å². The van der Waals surface area contributed by atoms with Gasteiger partial charge < -0.3 is 24.5 Å². The molecule has 3 amide bonds. The number of ether oxygens (including phenoxy) is 1. The fourth-order valence-electron chi connectivity index (χ4n) is 7.00. The van der Waals surface area contributed by atoms with Crippen LogP contribution in [0.5, 0.6) is 5.75 Å². The Labute approximate surface area is 243 Å². The summed E-state index contributed by atoms with van der Waals surface area (Å²) in [5.41, 5.74) is 3.64. The van der Waals surface area contributed by atoms with E-state index in [2.05, 4.69) is 11.1 Å². The summed E-state index contributed by atoms with van der Waals surface area (Å²) in [4.78, 5) is 61.8. The first-order valence-corrected chi connectivity index (χ1v) is 15.6. The number of hydrogen-bond acceptors (Lipinski definition) is 7. The highest BCUT2D eigenvalue weighted by Crippen LogP contribution is 2.41. The molecule has 11 heteroatoms. The smallest absolute Gasteiger partial charge is 0.307 e. The maximum Gasteiger partial charge on any atom is 0.307 e. The van der Waals surface area contributed by atoms with E-state index < -0.39 is 23.8 Å². The lowest BCUT2D eigenvalue weighted by Gasteiger charge is -2.43. The van der Waals surface area contributed by atoms with Gasteiger partial charge in [-0.25, -0.2) is 0 Å². The molecule has 2 saturated heterocycles. The van der Waals surface area contributed by atoms with Crippen LogP contribution >= 0.6 is 11.3 Å². The lowest BCUT2D eigenvalue weighted by atomic mass is 9.77. The largest absolute Gasteiger partial charge is 0.488 e. The summed E-state index contributed by atoms with van der Waals surface area (Å²) in [6.07, 6.45) is 6.74. The van der Waals surface area contributed by atoms with Crippen molar-refractivity contribution in [2.45, 2.75) is 63.5 Å². The number of thiazole rings is 1. The number of hydrogen-bond donors (Lipinski definition) is 1. The van der Waals surface area contributed by atoms with Gasteiger partial charge in [0.25, 0.3) is 5.91 Å². The van der Waals surface area contributed by atoms with Crippen molar-refractivity contribution in [1.82, 2.24) is 19.7 Å². The van der Waals surface area contributed by atoms with Gasteiger partial charge in [-0.2, -0.15) is 0 Å². The van der Waals surface area contributed by atoms with Gasteiger partial charge >= 0.3 is 5.97 Å². The molecule has 0 bridgehead atoms. The van der Waals surface area contributed by atoms with Gasteiger partial charge in [0.2, 0.25) is 11.8 Å². The molecule has 0 spiro atoms. The third kappa shape index (κ3) is 5.56. The summed E-state index contributed by atoms with van der Waals surface area (Å²) in [6.45, 7) is 2.54. The number of carbonyl (C=O) groups is 4. The minimum absolute atomic E-state index is 0.0450. The maximum absolute atomic E-state index is 14.1. The van der Waals surface area contributed by atoms with E-state index in [9.17, 15) is 24.3 Å². The zero-order valence-electron chi connectivity index (χ0n) is 23.1. The van der Waals surface area contributed by atoms with Crippen LogP contribution in [0.2, 0.25) is 0 Å². The van der Waals surface area contributed by atoms with Gasteiger partial charge in [0.15, 0.2) is 0 Å². The van der Waals surface area contributed by atoms with Crippen LogP contribution in [0.4, 0.5) is 0 Å². The minimum Gasteiger partial charge on any atom is -0.488 e. The van der Waals surface area contributed by atoms with Crippen LogP contribution in [0.15, 0.2) is 29.9 Å². The number of rotatable bonds is 7. The quantitative estimate of drug-likeness (QED) is 0.533. The first-order valence-electron chi connectivity index (χ1n) is 14.7. The second-order valence-corrected chi connectivity index (χ2v) is 12.4. The van der Waals surface area contributed by atoms with Crippen LogP contribution in [0, 0.1) is 11.8 Å². The van der Waals surface area contributed by atoms with Gasteiger partial charge in [0.1, 0.15) is 16.7 Å². The standard InChI is InChI=1S/C30H36N4O6S/c35-26-9-4-12-32(26)17-23-27-19(10-14-34(23)28(36)21-6-1-2-7-22(21)30(38)39)5-3-8-24(27)40-20-11-13-33(16-20)29(37)25-15-31-18-41-25/h3,5,8,15,18,20-23H,1-2,4,6-7,9-14,16-17H2,(H,38,39)/t20?,21?,22?,23-/m1/s1. The molecule has 4 heterocycles. The Hall–Kier alpha value is -3.47. The van der Waals surface area contributed by atoms with E-state index in [-0.39, 0.29) is 23.8 Å². The molecule has 1 aromatic carbocycles. The molecule has 1 aliphatic carbocycles. The van der Waals surface area contributed by atoms with E-state index in [1.165, 1.54) is 11.3 Å². The van der Waals surface area contributed by atoms with Crippen molar-refractivity contribution in [2.24, 2.45) is 11.8 Å².